The lowest BCUT2D eigenvalue weighted by molar-refractivity contribution is -0.188. The molecule has 5 fully saturated rings. The van der Waals surface area contributed by atoms with E-state index in [0.29, 0.717) is 58.6 Å². The van der Waals surface area contributed by atoms with Gasteiger partial charge in [-0.05, 0) is 67.3 Å². The molecule has 4 aromatic rings. The molecule has 4 atom stereocenters. The molecule has 4 saturated heterocycles. The Balaban J connectivity index is 1.11. The minimum atomic E-state index is -4.97. The predicted octanol–water partition coefficient (Wildman–Crippen LogP) is 5.65. The van der Waals surface area contributed by atoms with Crippen LogP contribution in [0.1, 0.15) is 37.7 Å². The smallest absolute Gasteiger partial charge is 0.471 e. The number of alkyl halides is 3. The number of likely N-dealkylation sites (tertiary alicyclic amines) is 1. The fourth-order valence-electron chi connectivity index (χ4n) is 8.78. The van der Waals surface area contributed by atoms with Crippen LogP contribution in [0.4, 0.5) is 23.4 Å². The third-order valence-corrected chi connectivity index (χ3v) is 11.4. The third-order valence-electron chi connectivity index (χ3n) is 11.4. The van der Waals surface area contributed by atoms with Gasteiger partial charge in [0.1, 0.15) is 17.1 Å². The number of rotatable bonds is 7. The Kier molecular flexibility index (Phi) is 7.39. The number of terminal acetylenes is 1. The molecule has 4 bridgehead atoms. The molecule has 9 rings (SSSR count). The quantitative estimate of drug-likeness (QED) is 0.196. The van der Waals surface area contributed by atoms with Crippen molar-refractivity contribution in [2.75, 3.05) is 44.3 Å². The van der Waals surface area contributed by atoms with Crippen LogP contribution in [-0.4, -0.2) is 101 Å². The zero-order valence-corrected chi connectivity index (χ0v) is 27.6. The van der Waals surface area contributed by atoms with Crippen LogP contribution in [0.3, 0.4) is 0 Å². The number of halogens is 4. The first-order chi connectivity index (χ1) is 24.5. The zero-order valence-electron chi connectivity index (χ0n) is 27.6. The Labute approximate surface area is 291 Å². The second-order valence-corrected chi connectivity index (χ2v) is 14.8. The highest BCUT2D eigenvalue weighted by molar-refractivity contribution is 6.04. The number of ether oxygens (including phenoxy) is 2. The average molecular weight is 702 g/mol. The normalized spacial score (nSPS) is 25.2. The molecule has 4 aliphatic heterocycles. The number of piperazine rings is 1. The van der Waals surface area contributed by atoms with E-state index < -0.39 is 30.0 Å². The summed E-state index contributed by atoms with van der Waals surface area (Å²) in [5, 5.41) is 12.2. The number of amides is 1. The van der Waals surface area contributed by atoms with Crippen molar-refractivity contribution in [1.29, 1.82) is 0 Å². The van der Waals surface area contributed by atoms with E-state index in [2.05, 4.69) is 15.8 Å². The number of hydrogen-bond donors (Lipinski definition) is 1. The summed E-state index contributed by atoms with van der Waals surface area (Å²) in [6.45, 7) is 3.01. The topological polar surface area (TPSA) is 91.3 Å². The van der Waals surface area contributed by atoms with E-state index in [9.17, 15) is 23.1 Å². The number of phenols is 1. The van der Waals surface area contributed by atoms with E-state index in [1.807, 2.05) is 4.90 Å². The van der Waals surface area contributed by atoms with Crippen molar-refractivity contribution < 1.29 is 36.9 Å². The van der Waals surface area contributed by atoms with Crippen LogP contribution in [0.25, 0.3) is 32.8 Å². The molecule has 13 heteroatoms. The van der Waals surface area contributed by atoms with Gasteiger partial charge in [0.15, 0.2) is 5.82 Å². The van der Waals surface area contributed by atoms with Crippen molar-refractivity contribution in [3.8, 4) is 35.2 Å². The van der Waals surface area contributed by atoms with Gasteiger partial charge in [-0.1, -0.05) is 24.1 Å². The molecule has 5 aliphatic rings. The lowest BCUT2D eigenvalue weighted by Crippen LogP contribution is -2.59. The van der Waals surface area contributed by atoms with Gasteiger partial charge in [-0.25, -0.2) is 4.39 Å². The molecule has 9 nitrogen and oxygen atoms in total. The van der Waals surface area contributed by atoms with Gasteiger partial charge in [-0.2, -0.15) is 23.1 Å². The van der Waals surface area contributed by atoms with Gasteiger partial charge in [0, 0.05) is 59.5 Å². The van der Waals surface area contributed by atoms with Gasteiger partial charge in [0.05, 0.1) is 31.4 Å². The third kappa shape index (κ3) is 5.51. The maximum atomic E-state index is 17.0. The number of fused-ring (bicyclic) bond motifs is 6. The molecule has 0 radical (unpaired) electrons. The number of aromatic nitrogens is 2. The summed E-state index contributed by atoms with van der Waals surface area (Å²) in [6.07, 6.45) is 4.96. The first-order valence-electron chi connectivity index (χ1n) is 17.4. The van der Waals surface area contributed by atoms with Crippen LogP contribution in [0.5, 0.6) is 11.8 Å². The van der Waals surface area contributed by atoms with Crippen LogP contribution >= 0.6 is 0 Å². The van der Waals surface area contributed by atoms with E-state index in [0.717, 1.165) is 43.9 Å². The molecule has 0 spiro atoms. The first kappa shape index (κ1) is 32.3. The number of carbonyl (C=O) groups is 1. The van der Waals surface area contributed by atoms with Gasteiger partial charge in [0.2, 0.25) is 0 Å². The van der Waals surface area contributed by atoms with Crippen LogP contribution in [0.2, 0.25) is 0 Å². The summed E-state index contributed by atoms with van der Waals surface area (Å²) in [4.78, 5) is 27.0. The summed E-state index contributed by atoms with van der Waals surface area (Å²) >= 11 is 0. The number of aromatic hydroxyl groups is 1. The number of phenolic OH excluding ortho intramolecular Hbond substituents is 1. The van der Waals surface area contributed by atoms with Crippen LogP contribution in [0, 0.1) is 23.6 Å². The Morgan fingerprint density at radius 1 is 1.06 bits per heavy atom. The molecule has 1 aromatic heterocycles. The molecule has 51 heavy (non-hydrogen) atoms. The van der Waals surface area contributed by atoms with E-state index in [1.165, 1.54) is 6.07 Å². The number of morpholine rings is 1. The van der Waals surface area contributed by atoms with Crippen LogP contribution in [-0.2, 0) is 9.53 Å². The largest absolute Gasteiger partial charge is 0.508 e. The molecular formula is C38H35F4N5O4. The van der Waals surface area contributed by atoms with Gasteiger partial charge < -0.3 is 24.4 Å². The second kappa shape index (κ2) is 11.7. The van der Waals surface area contributed by atoms with E-state index in [1.54, 1.807) is 36.4 Å². The van der Waals surface area contributed by atoms with E-state index >= 15 is 4.39 Å². The molecule has 264 valence electrons. The number of nitrogens with zero attached hydrogens (tertiary/aromatic N) is 5. The highest BCUT2D eigenvalue weighted by Gasteiger charge is 2.52. The summed E-state index contributed by atoms with van der Waals surface area (Å²) in [6, 6.07) is 10.6. The average Bonchev–Trinajstić information content (AvgIpc) is 3.39. The Hall–Kier alpha value is -4.67. The fraction of sp³-hybridized carbons (Fsp3) is 0.447. The van der Waals surface area contributed by atoms with Crippen molar-refractivity contribution >= 4 is 33.4 Å². The molecule has 1 N–H and O–H groups in total. The van der Waals surface area contributed by atoms with Gasteiger partial charge in [-0.15, -0.1) is 6.42 Å². The van der Waals surface area contributed by atoms with Crippen molar-refractivity contribution in [3.63, 3.8) is 0 Å². The van der Waals surface area contributed by atoms with Crippen LogP contribution in [0.15, 0.2) is 42.5 Å². The van der Waals surface area contributed by atoms with Gasteiger partial charge >= 0.3 is 18.1 Å². The lowest BCUT2D eigenvalue weighted by Gasteiger charge is -2.42. The number of anilines is 1. The molecule has 1 amide bonds. The number of hydrogen-bond acceptors (Lipinski definition) is 8. The highest BCUT2D eigenvalue weighted by atomic mass is 19.4. The van der Waals surface area contributed by atoms with E-state index in [4.69, 9.17) is 20.9 Å². The number of benzene rings is 3. The monoisotopic (exact) mass is 701 g/mol. The highest BCUT2D eigenvalue weighted by Crippen LogP contribution is 2.48. The SMILES string of the molecule is C#Cc1cccc2cc(O)cc(-c3ccc4c(N5CC6CCC(C5)N6C(=O)C(F)(F)F)nc(OCC5(CN6CC7CC6CO7)CC5)nc4c3F)c12. The van der Waals surface area contributed by atoms with Crippen molar-refractivity contribution in [1.82, 2.24) is 19.8 Å². The van der Waals surface area contributed by atoms with Crippen LogP contribution < -0.4 is 9.64 Å². The fourth-order valence-corrected chi connectivity index (χ4v) is 8.78. The lowest BCUT2D eigenvalue weighted by atomic mass is 9.93. The Morgan fingerprint density at radius 3 is 2.51 bits per heavy atom. The minimum absolute atomic E-state index is 0.0258. The predicted molar refractivity (Wildman–Crippen MR) is 181 cm³/mol. The maximum Gasteiger partial charge on any atom is 0.471 e. The molecular weight excluding hydrogens is 666 g/mol. The summed E-state index contributed by atoms with van der Waals surface area (Å²) < 4.78 is 69.6. The molecule has 5 heterocycles. The van der Waals surface area contributed by atoms with Gasteiger partial charge in [-0.3, -0.25) is 9.69 Å². The number of carbonyl (C=O) groups excluding carboxylic acids is 1. The minimum Gasteiger partial charge on any atom is -0.508 e. The molecule has 3 aromatic carbocycles. The molecule has 4 unspecified atom stereocenters. The first-order valence-corrected chi connectivity index (χ1v) is 17.4. The summed E-state index contributed by atoms with van der Waals surface area (Å²) in [7, 11) is 0. The second-order valence-electron chi connectivity index (χ2n) is 14.8. The maximum absolute atomic E-state index is 17.0. The Morgan fingerprint density at radius 2 is 1.84 bits per heavy atom. The van der Waals surface area contributed by atoms with Crippen molar-refractivity contribution in [2.45, 2.75) is 62.5 Å². The zero-order chi connectivity index (χ0) is 35.2. The van der Waals surface area contributed by atoms with Gasteiger partial charge in [0.25, 0.3) is 0 Å². The molecule has 1 saturated carbocycles. The molecule has 1 aliphatic carbocycles. The summed E-state index contributed by atoms with van der Waals surface area (Å²) in [5.41, 5.74) is 0.968. The van der Waals surface area contributed by atoms with Crippen molar-refractivity contribution in [3.05, 3.63) is 53.8 Å². The van der Waals surface area contributed by atoms with Crippen molar-refractivity contribution in [2.24, 2.45) is 5.41 Å². The Bertz CT molecular complexity index is 2120. The summed E-state index contributed by atoms with van der Waals surface area (Å²) in [5.74, 6) is 0.418. The standard InChI is InChI=1S/C38H35F4N5O4/c1-2-21-4-3-5-22-12-26(48)14-30(31(21)22)28-8-9-29-33(32(28)39)43-36(51-20-37(10-11-37)19-46-17-27-13-25(46)18-50-27)44-34(29)45-15-23-6-7-24(16-45)47(23)35(49)38(40,41)42/h1,3-5,8-9,12,14,23-25,27,48H,6-7,10-11,13,15-20H2. The van der Waals surface area contributed by atoms with E-state index in [-0.39, 0.29) is 47.4 Å².